The number of ether oxygens (including phenoxy) is 3. The highest BCUT2D eigenvalue weighted by Crippen LogP contribution is 2.39. The van der Waals surface area contributed by atoms with E-state index in [4.69, 9.17) is 14.2 Å². The van der Waals surface area contributed by atoms with E-state index in [-0.39, 0.29) is 11.2 Å². The standard InChI is InChI=1S/C31H35FO3/c1-2-31(21-34-22-31)20-33-15-5-3-4-6-16-35-28-11-7-23(8-12-28)24-9-13-29-25(17-24)18-26-19-27(32)10-14-30(26)29/h7-14,17,19H,2-6,15-16,18,20-22H2,1H3. The van der Waals surface area contributed by atoms with Crippen LogP contribution in [0.1, 0.15) is 50.2 Å². The van der Waals surface area contributed by atoms with Gasteiger partial charge >= 0.3 is 0 Å². The fourth-order valence-corrected chi connectivity index (χ4v) is 5.02. The summed E-state index contributed by atoms with van der Waals surface area (Å²) in [6.45, 7) is 6.34. The highest BCUT2D eigenvalue weighted by atomic mass is 19.1. The van der Waals surface area contributed by atoms with Gasteiger partial charge in [-0.3, -0.25) is 0 Å². The summed E-state index contributed by atoms with van der Waals surface area (Å²) in [5, 5.41) is 0. The Morgan fingerprint density at radius 1 is 0.800 bits per heavy atom. The molecule has 1 aliphatic heterocycles. The van der Waals surface area contributed by atoms with Crippen LogP contribution in [0, 0.1) is 11.2 Å². The van der Waals surface area contributed by atoms with Gasteiger partial charge in [-0.25, -0.2) is 4.39 Å². The van der Waals surface area contributed by atoms with Gasteiger partial charge in [0.2, 0.25) is 0 Å². The molecular formula is C31H35FO3. The molecule has 1 heterocycles. The van der Waals surface area contributed by atoms with Crippen molar-refractivity contribution in [2.75, 3.05) is 33.0 Å². The predicted octanol–water partition coefficient (Wildman–Crippen LogP) is 7.45. The van der Waals surface area contributed by atoms with Crippen molar-refractivity contribution in [3.8, 4) is 28.0 Å². The Morgan fingerprint density at radius 3 is 2.20 bits per heavy atom. The zero-order valence-corrected chi connectivity index (χ0v) is 20.7. The molecule has 0 atom stereocenters. The van der Waals surface area contributed by atoms with Gasteiger partial charge in [0.1, 0.15) is 11.6 Å². The molecule has 0 aromatic heterocycles. The van der Waals surface area contributed by atoms with E-state index in [9.17, 15) is 4.39 Å². The molecule has 0 unspecified atom stereocenters. The molecule has 2 aliphatic rings. The lowest BCUT2D eigenvalue weighted by Crippen LogP contribution is -2.45. The maximum Gasteiger partial charge on any atom is 0.123 e. The third kappa shape index (κ3) is 5.60. The lowest BCUT2D eigenvalue weighted by atomic mass is 9.84. The smallest absolute Gasteiger partial charge is 0.123 e. The minimum Gasteiger partial charge on any atom is -0.494 e. The Morgan fingerprint density at radius 2 is 1.49 bits per heavy atom. The molecule has 1 saturated heterocycles. The third-order valence-corrected chi connectivity index (χ3v) is 7.46. The van der Waals surface area contributed by atoms with E-state index >= 15 is 0 Å². The Labute approximate surface area is 208 Å². The van der Waals surface area contributed by atoms with E-state index in [0.29, 0.717) is 0 Å². The van der Waals surface area contributed by atoms with Gasteiger partial charge in [-0.2, -0.15) is 0 Å². The molecule has 0 amide bonds. The maximum absolute atomic E-state index is 13.6. The molecule has 0 bridgehead atoms. The van der Waals surface area contributed by atoms with Gasteiger partial charge in [-0.15, -0.1) is 0 Å². The number of hydrogen-bond donors (Lipinski definition) is 0. The van der Waals surface area contributed by atoms with Crippen molar-refractivity contribution in [3.63, 3.8) is 0 Å². The van der Waals surface area contributed by atoms with Gasteiger partial charge in [0.05, 0.1) is 26.4 Å². The van der Waals surface area contributed by atoms with Crippen LogP contribution >= 0.6 is 0 Å². The zero-order chi connectivity index (χ0) is 24.1. The van der Waals surface area contributed by atoms with Crippen LogP contribution in [0.3, 0.4) is 0 Å². The number of halogens is 1. The van der Waals surface area contributed by atoms with E-state index in [1.54, 1.807) is 12.1 Å². The van der Waals surface area contributed by atoms with Gasteiger partial charge in [0.25, 0.3) is 0 Å². The lowest BCUT2D eigenvalue weighted by Gasteiger charge is -2.40. The van der Waals surface area contributed by atoms with Crippen LogP contribution in [0.25, 0.3) is 22.3 Å². The van der Waals surface area contributed by atoms with Crippen LogP contribution in [0.15, 0.2) is 60.7 Å². The molecule has 1 fully saturated rings. The summed E-state index contributed by atoms with van der Waals surface area (Å²) in [5.74, 6) is 0.745. The van der Waals surface area contributed by atoms with E-state index in [2.05, 4.69) is 37.3 Å². The topological polar surface area (TPSA) is 27.7 Å². The number of benzene rings is 3. The van der Waals surface area contributed by atoms with Gasteiger partial charge in [0, 0.05) is 12.0 Å². The number of rotatable bonds is 12. The van der Waals surface area contributed by atoms with Crippen molar-refractivity contribution in [2.24, 2.45) is 5.41 Å². The second-order valence-electron chi connectivity index (χ2n) is 10.0. The fraction of sp³-hybridized carbons (Fsp3) is 0.419. The van der Waals surface area contributed by atoms with E-state index in [0.717, 1.165) is 82.0 Å². The maximum atomic E-state index is 13.6. The molecule has 5 rings (SSSR count). The van der Waals surface area contributed by atoms with Crippen molar-refractivity contribution in [1.82, 2.24) is 0 Å². The average Bonchev–Trinajstić information content (AvgIpc) is 3.21. The van der Waals surface area contributed by atoms with Crippen molar-refractivity contribution in [1.29, 1.82) is 0 Å². The quantitative estimate of drug-likeness (QED) is 0.200. The van der Waals surface area contributed by atoms with Gasteiger partial charge < -0.3 is 14.2 Å². The molecular weight excluding hydrogens is 439 g/mol. The minimum atomic E-state index is -0.165. The van der Waals surface area contributed by atoms with Crippen LogP contribution in [0.2, 0.25) is 0 Å². The molecule has 0 saturated carbocycles. The second-order valence-corrected chi connectivity index (χ2v) is 10.0. The molecule has 35 heavy (non-hydrogen) atoms. The molecule has 184 valence electrons. The Hall–Kier alpha value is -2.69. The number of hydrogen-bond acceptors (Lipinski definition) is 3. The van der Waals surface area contributed by atoms with Gasteiger partial charge in [-0.05, 0) is 89.8 Å². The van der Waals surface area contributed by atoms with Crippen LogP contribution in [-0.4, -0.2) is 33.0 Å². The van der Waals surface area contributed by atoms with Crippen molar-refractivity contribution in [2.45, 2.75) is 45.4 Å². The van der Waals surface area contributed by atoms with Crippen molar-refractivity contribution >= 4 is 0 Å². The van der Waals surface area contributed by atoms with Gasteiger partial charge in [0.15, 0.2) is 0 Å². The van der Waals surface area contributed by atoms with E-state index in [1.165, 1.54) is 28.7 Å². The Balaban J connectivity index is 1.02. The van der Waals surface area contributed by atoms with Crippen LogP contribution < -0.4 is 4.74 Å². The van der Waals surface area contributed by atoms with Gasteiger partial charge in [-0.1, -0.05) is 49.7 Å². The summed E-state index contributed by atoms with van der Waals surface area (Å²) >= 11 is 0. The van der Waals surface area contributed by atoms with Crippen molar-refractivity contribution in [3.05, 3.63) is 77.6 Å². The summed E-state index contributed by atoms with van der Waals surface area (Å²) in [6, 6.07) is 20.0. The largest absolute Gasteiger partial charge is 0.494 e. The first-order valence-corrected chi connectivity index (χ1v) is 13.0. The molecule has 1 aliphatic carbocycles. The highest BCUT2D eigenvalue weighted by molar-refractivity contribution is 5.80. The minimum absolute atomic E-state index is 0.165. The SMILES string of the molecule is CCC1(COCCCCCCOc2ccc(-c3ccc4c(c3)Cc3cc(F)ccc3-4)cc2)COC1. The van der Waals surface area contributed by atoms with E-state index in [1.807, 2.05) is 18.2 Å². The van der Waals surface area contributed by atoms with Crippen molar-refractivity contribution < 1.29 is 18.6 Å². The van der Waals surface area contributed by atoms with E-state index < -0.39 is 0 Å². The highest BCUT2D eigenvalue weighted by Gasteiger charge is 2.36. The third-order valence-electron chi connectivity index (χ3n) is 7.46. The number of fused-ring (bicyclic) bond motifs is 3. The summed E-state index contributed by atoms with van der Waals surface area (Å²) in [4.78, 5) is 0. The lowest BCUT2D eigenvalue weighted by molar-refractivity contribution is -0.150. The zero-order valence-electron chi connectivity index (χ0n) is 20.7. The summed E-state index contributed by atoms with van der Waals surface area (Å²) in [7, 11) is 0. The molecule has 0 spiro atoms. The molecule has 0 radical (unpaired) electrons. The molecule has 3 nitrogen and oxygen atoms in total. The van der Waals surface area contributed by atoms with Crippen LogP contribution in [-0.2, 0) is 15.9 Å². The number of unbranched alkanes of at least 4 members (excludes halogenated alkanes) is 3. The average molecular weight is 475 g/mol. The fourth-order valence-electron chi connectivity index (χ4n) is 5.02. The summed E-state index contributed by atoms with van der Waals surface area (Å²) in [5.41, 5.74) is 7.33. The summed E-state index contributed by atoms with van der Waals surface area (Å²) in [6.07, 6.45) is 6.42. The summed E-state index contributed by atoms with van der Waals surface area (Å²) < 4.78 is 30.8. The first kappa shape index (κ1) is 24.0. The molecule has 3 aromatic rings. The normalized spacial score (nSPS) is 15.4. The second kappa shape index (κ2) is 10.9. The monoisotopic (exact) mass is 474 g/mol. The predicted molar refractivity (Wildman–Crippen MR) is 138 cm³/mol. The van der Waals surface area contributed by atoms with Crippen LogP contribution in [0.4, 0.5) is 4.39 Å². The molecule has 4 heteroatoms. The first-order valence-electron chi connectivity index (χ1n) is 13.0. The molecule has 3 aromatic carbocycles. The Bertz CT molecular complexity index is 1130. The Kier molecular flexibility index (Phi) is 7.50. The molecule has 0 N–H and O–H groups in total. The first-order chi connectivity index (χ1) is 17.2. The van der Waals surface area contributed by atoms with Crippen LogP contribution in [0.5, 0.6) is 5.75 Å².